The highest BCUT2D eigenvalue weighted by molar-refractivity contribution is 6.12. The van der Waals surface area contributed by atoms with Gasteiger partial charge in [0, 0.05) is 28.9 Å². The highest BCUT2D eigenvalue weighted by Gasteiger charge is 2.15. The van der Waals surface area contributed by atoms with Crippen molar-refractivity contribution in [3.63, 3.8) is 0 Å². The Balaban J connectivity index is 2.41. The first-order valence-corrected chi connectivity index (χ1v) is 5.23. The number of ketones is 1. The molecule has 0 spiro atoms. The Kier molecular flexibility index (Phi) is 3.05. The van der Waals surface area contributed by atoms with Gasteiger partial charge in [0.2, 0.25) is 0 Å². The zero-order valence-corrected chi connectivity index (χ0v) is 9.37. The molecule has 0 saturated carbocycles. The summed E-state index contributed by atoms with van der Waals surface area (Å²) in [6, 6.07) is 12.5. The fraction of sp³-hybridized carbons (Fsp3) is 0. The molecule has 5 heteroatoms. The topological polar surface area (TPSA) is 86.2 Å². The molecule has 0 amide bonds. The van der Waals surface area contributed by atoms with E-state index < -0.39 is 4.92 Å². The van der Waals surface area contributed by atoms with Gasteiger partial charge in [0.1, 0.15) is 0 Å². The van der Waals surface area contributed by atoms with E-state index in [0.717, 1.165) is 0 Å². The predicted molar refractivity (Wildman–Crippen MR) is 67.4 cm³/mol. The zero-order valence-electron chi connectivity index (χ0n) is 9.37. The lowest BCUT2D eigenvalue weighted by molar-refractivity contribution is -0.384. The van der Waals surface area contributed by atoms with Gasteiger partial charge >= 0.3 is 0 Å². The summed E-state index contributed by atoms with van der Waals surface area (Å²) in [4.78, 5) is 22.1. The molecule has 0 unspecified atom stereocenters. The Morgan fingerprint density at radius 3 is 2.33 bits per heavy atom. The maximum atomic E-state index is 12.1. The molecule has 0 aliphatic rings. The largest absolute Gasteiger partial charge is 0.398 e. The Labute approximate surface area is 103 Å². The summed E-state index contributed by atoms with van der Waals surface area (Å²) in [6.07, 6.45) is 0. The molecule has 0 aliphatic carbocycles. The number of nitro benzene ring substituents is 1. The highest BCUT2D eigenvalue weighted by Crippen LogP contribution is 2.22. The lowest BCUT2D eigenvalue weighted by atomic mass is 10.0. The fourth-order valence-corrected chi connectivity index (χ4v) is 1.62. The molecule has 0 fully saturated rings. The van der Waals surface area contributed by atoms with Crippen LogP contribution in [-0.2, 0) is 0 Å². The number of benzene rings is 2. The van der Waals surface area contributed by atoms with E-state index in [2.05, 4.69) is 0 Å². The summed E-state index contributed by atoms with van der Waals surface area (Å²) >= 11 is 0. The molecule has 18 heavy (non-hydrogen) atoms. The number of nitrogens with two attached hydrogens (primary N) is 1. The molecule has 0 atom stereocenters. The summed E-state index contributed by atoms with van der Waals surface area (Å²) in [7, 11) is 0. The Morgan fingerprint density at radius 1 is 1.11 bits per heavy atom. The van der Waals surface area contributed by atoms with Crippen LogP contribution in [0.25, 0.3) is 0 Å². The lowest BCUT2D eigenvalue weighted by Crippen LogP contribution is -2.05. The number of nitrogen functional groups attached to an aromatic ring is 1. The van der Waals surface area contributed by atoms with Gasteiger partial charge in [-0.25, -0.2) is 0 Å². The van der Waals surface area contributed by atoms with Crippen LogP contribution in [-0.4, -0.2) is 10.7 Å². The van der Waals surface area contributed by atoms with E-state index in [4.69, 9.17) is 5.73 Å². The van der Waals surface area contributed by atoms with Crippen molar-refractivity contribution in [2.24, 2.45) is 0 Å². The van der Waals surface area contributed by atoms with Crippen molar-refractivity contribution in [1.82, 2.24) is 0 Å². The van der Waals surface area contributed by atoms with Crippen molar-refractivity contribution in [2.75, 3.05) is 5.73 Å². The maximum absolute atomic E-state index is 12.1. The smallest absolute Gasteiger partial charge is 0.271 e. The number of carbonyl (C=O) groups excluding carboxylic acids is 1. The molecule has 2 rings (SSSR count). The van der Waals surface area contributed by atoms with E-state index >= 15 is 0 Å². The molecule has 0 bridgehead atoms. The van der Waals surface area contributed by atoms with Crippen LogP contribution in [0.2, 0.25) is 0 Å². The van der Waals surface area contributed by atoms with E-state index in [1.807, 2.05) is 0 Å². The molecule has 0 radical (unpaired) electrons. The molecule has 0 saturated heterocycles. The summed E-state index contributed by atoms with van der Waals surface area (Å²) in [5.74, 6) is -0.247. The molecule has 0 aliphatic heterocycles. The minimum absolute atomic E-state index is 0.109. The standard InChI is InChI=1S/C13H10N2O3/c14-12-8-10(15(17)18)6-7-11(12)13(16)9-4-2-1-3-5-9/h1-8H,14H2. The van der Waals surface area contributed by atoms with Crippen molar-refractivity contribution >= 4 is 17.2 Å². The minimum Gasteiger partial charge on any atom is -0.398 e. The van der Waals surface area contributed by atoms with E-state index in [-0.39, 0.29) is 22.7 Å². The third-order valence-corrected chi connectivity index (χ3v) is 2.53. The monoisotopic (exact) mass is 242 g/mol. The van der Waals surface area contributed by atoms with Crippen molar-refractivity contribution in [2.45, 2.75) is 0 Å². The average molecular weight is 242 g/mol. The van der Waals surface area contributed by atoms with Crippen LogP contribution >= 0.6 is 0 Å². The summed E-state index contributed by atoms with van der Waals surface area (Å²) < 4.78 is 0. The number of nitrogens with zero attached hydrogens (tertiary/aromatic N) is 1. The van der Waals surface area contributed by atoms with E-state index in [9.17, 15) is 14.9 Å². The molecule has 90 valence electrons. The van der Waals surface area contributed by atoms with E-state index in [0.29, 0.717) is 5.56 Å². The number of anilines is 1. The molecular formula is C13H10N2O3. The third kappa shape index (κ3) is 2.20. The van der Waals surface area contributed by atoms with Crippen molar-refractivity contribution < 1.29 is 9.72 Å². The van der Waals surface area contributed by atoms with Crippen LogP contribution in [0.1, 0.15) is 15.9 Å². The first-order chi connectivity index (χ1) is 8.59. The second kappa shape index (κ2) is 4.67. The summed E-state index contributed by atoms with van der Waals surface area (Å²) in [5, 5.41) is 10.6. The lowest BCUT2D eigenvalue weighted by Gasteiger charge is -2.04. The minimum atomic E-state index is -0.548. The normalized spacial score (nSPS) is 10.0. The van der Waals surface area contributed by atoms with Gasteiger partial charge in [-0.15, -0.1) is 0 Å². The number of hydrogen-bond acceptors (Lipinski definition) is 4. The van der Waals surface area contributed by atoms with E-state index in [1.165, 1.54) is 18.2 Å². The zero-order chi connectivity index (χ0) is 13.1. The first kappa shape index (κ1) is 11.8. The van der Waals surface area contributed by atoms with E-state index in [1.54, 1.807) is 30.3 Å². The van der Waals surface area contributed by atoms with Crippen molar-refractivity contribution in [3.05, 3.63) is 69.8 Å². The van der Waals surface area contributed by atoms with Crippen LogP contribution < -0.4 is 5.73 Å². The third-order valence-electron chi connectivity index (χ3n) is 2.53. The van der Waals surface area contributed by atoms with Gasteiger partial charge in [-0.05, 0) is 6.07 Å². The van der Waals surface area contributed by atoms with Crippen LogP contribution in [0.15, 0.2) is 48.5 Å². The van der Waals surface area contributed by atoms with Gasteiger partial charge in [0.25, 0.3) is 5.69 Å². The molecule has 0 heterocycles. The average Bonchev–Trinajstić information content (AvgIpc) is 2.38. The highest BCUT2D eigenvalue weighted by atomic mass is 16.6. The predicted octanol–water partition coefficient (Wildman–Crippen LogP) is 2.41. The van der Waals surface area contributed by atoms with Gasteiger partial charge in [-0.1, -0.05) is 30.3 Å². The van der Waals surface area contributed by atoms with Gasteiger partial charge < -0.3 is 5.73 Å². The summed E-state index contributed by atoms with van der Waals surface area (Å²) in [6.45, 7) is 0. The van der Waals surface area contributed by atoms with Gasteiger partial charge in [0.05, 0.1) is 4.92 Å². The number of nitro groups is 1. The molecule has 2 aromatic carbocycles. The number of non-ortho nitro benzene ring substituents is 1. The van der Waals surface area contributed by atoms with Gasteiger partial charge in [0.15, 0.2) is 5.78 Å². The van der Waals surface area contributed by atoms with Crippen LogP contribution in [0, 0.1) is 10.1 Å². The second-order valence-corrected chi connectivity index (χ2v) is 3.72. The van der Waals surface area contributed by atoms with Crippen LogP contribution in [0.4, 0.5) is 11.4 Å². The molecule has 5 nitrogen and oxygen atoms in total. The van der Waals surface area contributed by atoms with Crippen molar-refractivity contribution in [3.8, 4) is 0 Å². The number of carbonyl (C=O) groups is 1. The fourth-order valence-electron chi connectivity index (χ4n) is 1.62. The Morgan fingerprint density at radius 2 is 1.78 bits per heavy atom. The Hall–Kier alpha value is -2.69. The van der Waals surface area contributed by atoms with Crippen LogP contribution in [0.3, 0.4) is 0 Å². The summed E-state index contributed by atoms with van der Waals surface area (Å²) in [5.41, 5.74) is 6.42. The SMILES string of the molecule is Nc1cc([N+](=O)[O-])ccc1C(=O)c1ccccc1. The number of hydrogen-bond donors (Lipinski definition) is 1. The molecule has 2 N–H and O–H groups in total. The second-order valence-electron chi connectivity index (χ2n) is 3.72. The Bertz CT molecular complexity index is 609. The number of rotatable bonds is 3. The van der Waals surface area contributed by atoms with Crippen molar-refractivity contribution in [1.29, 1.82) is 0 Å². The quantitative estimate of drug-likeness (QED) is 0.387. The maximum Gasteiger partial charge on any atom is 0.271 e. The van der Waals surface area contributed by atoms with Gasteiger partial charge in [-0.2, -0.15) is 0 Å². The molecule has 0 aromatic heterocycles. The molecular weight excluding hydrogens is 232 g/mol. The first-order valence-electron chi connectivity index (χ1n) is 5.23. The molecule has 2 aromatic rings. The van der Waals surface area contributed by atoms with Gasteiger partial charge in [-0.3, -0.25) is 14.9 Å². The van der Waals surface area contributed by atoms with Crippen LogP contribution in [0.5, 0.6) is 0 Å².